The number of hydrogen-bond donors (Lipinski definition) is 2. The lowest BCUT2D eigenvalue weighted by Crippen LogP contribution is -2.46. The monoisotopic (exact) mass is 558 g/mol. The van der Waals surface area contributed by atoms with Gasteiger partial charge in [-0.25, -0.2) is 10.0 Å². The molecule has 6 nitrogen and oxygen atoms in total. The van der Waals surface area contributed by atoms with Gasteiger partial charge < -0.3 is 0 Å². The largest absolute Gasteiger partial charge is 0.473 e. The quantitative estimate of drug-likeness (QED) is 0.406. The van der Waals surface area contributed by atoms with E-state index in [1.807, 2.05) is 0 Å². The summed E-state index contributed by atoms with van der Waals surface area (Å²) >= 11 is 0. The molecule has 0 saturated carbocycles. The summed E-state index contributed by atoms with van der Waals surface area (Å²) in [7, 11) is 0. The van der Waals surface area contributed by atoms with Crippen molar-refractivity contribution in [3.8, 4) is 0 Å². The summed E-state index contributed by atoms with van der Waals surface area (Å²) in [4.78, 5) is 24.3. The molecule has 0 aromatic heterocycles. The van der Waals surface area contributed by atoms with E-state index in [1.165, 1.54) is 12.2 Å². The lowest BCUT2D eigenvalue weighted by Gasteiger charge is -2.26. The van der Waals surface area contributed by atoms with Gasteiger partial charge in [0.2, 0.25) is 0 Å². The Kier molecular flexibility index (Phi) is 6.78. The first-order valence-corrected chi connectivity index (χ1v) is 11.9. The van der Waals surface area contributed by atoms with E-state index < -0.39 is 36.3 Å². The van der Waals surface area contributed by atoms with E-state index in [-0.39, 0.29) is 11.4 Å². The second kappa shape index (κ2) is 10.1. The maximum absolute atomic E-state index is 13.3. The zero-order valence-electron chi connectivity index (χ0n) is 20.4. The third kappa shape index (κ3) is 5.24. The highest BCUT2D eigenvalue weighted by Gasteiger charge is 2.48. The second-order valence-corrected chi connectivity index (χ2v) is 9.02. The predicted molar refractivity (Wildman–Crippen MR) is 133 cm³/mol. The van der Waals surface area contributed by atoms with Crippen molar-refractivity contribution in [1.82, 2.24) is 20.9 Å². The van der Waals surface area contributed by atoms with Gasteiger partial charge in [-0.2, -0.15) is 26.3 Å². The summed E-state index contributed by atoms with van der Waals surface area (Å²) in [6.07, 6.45) is -7.25. The molecule has 206 valence electrons. The predicted octanol–water partition coefficient (Wildman–Crippen LogP) is 5.67. The van der Waals surface area contributed by atoms with Gasteiger partial charge in [-0.1, -0.05) is 84.9 Å². The minimum atomic E-state index is -5.11. The van der Waals surface area contributed by atoms with Crippen molar-refractivity contribution in [2.75, 3.05) is 0 Å². The second-order valence-electron chi connectivity index (χ2n) is 9.02. The van der Waals surface area contributed by atoms with E-state index in [4.69, 9.17) is 0 Å². The molecule has 2 amide bonds. The van der Waals surface area contributed by atoms with Crippen LogP contribution in [0.4, 0.5) is 26.3 Å². The highest BCUT2D eigenvalue weighted by Crippen LogP contribution is 2.36. The molecule has 2 aliphatic heterocycles. The summed E-state index contributed by atoms with van der Waals surface area (Å²) in [5.74, 6) is -4.13. The summed E-state index contributed by atoms with van der Waals surface area (Å²) < 4.78 is 79.8. The molecule has 0 radical (unpaired) electrons. The van der Waals surface area contributed by atoms with E-state index in [0.29, 0.717) is 32.3 Å². The fourth-order valence-corrected chi connectivity index (χ4v) is 4.51. The van der Waals surface area contributed by atoms with Crippen LogP contribution in [-0.4, -0.2) is 34.2 Å². The standard InChI is InChI=1S/C28H20F6N4O2/c29-27(30,31)25(39)37-23(19-7-3-1-4-8-19)15-21(35-37)17-11-13-18(14-12-17)22-16-24(20-9-5-2-6-10-20)38(36-22)26(40)28(32,33)34/h1-16,23-24,35-36H. The fraction of sp³-hybridized carbons (Fsp3) is 0.143. The number of rotatable bonds is 4. The number of amides is 2. The molecule has 0 saturated heterocycles. The van der Waals surface area contributed by atoms with Crippen LogP contribution in [0.2, 0.25) is 0 Å². The van der Waals surface area contributed by atoms with E-state index >= 15 is 0 Å². The number of nitrogens with one attached hydrogen (secondary N) is 2. The maximum atomic E-state index is 13.3. The Morgan fingerprint density at radius 3 is 1.18 bits per heavy atom. The lowest BCUT2D eigenvalue weighted by atomic mass is 10.0. The lowest BCUT2D eigenvalue weighted by molar-refractivity contribution is -0.189. The molecule has 12 heteroatoms. The normalized spacial score (nSPS) is 19.1. The Balaban J connectivity index is 1.43. The Morgan fingerprint density at radius 1 is 0.550 bits per heavy atom. The Morgan fingerprint density at radius 2 is 0.875 bits per heavy atom. The first kappa shape index (κ1) is 26.9. The van der Waals surface area contributed by atoms with Crippen LogP contribution in [-0.2, 0) is 9.59 Å². The van der Waals surface area contributed by atoms with Crippen LogP contribution in [0, 0.1) is 0 Å². The van der Waals surface area contributed by atoms with Gasteiger partial charge in [0, 0.05) is 0 Å². The van der Waals surface area contributed by atoms with Gasteiger partial charge in [0.1, 0.15) is 0 Å². The molecule has 2 heterocycles. The number of benzene rings is 3. The van der Waals surface area contributed by atoms with Gasteiger partial charge in [-0.3, -0.25) is 20.4 Å². The van der Waals surface area contributed by atoms with Crippen molar-refractivity contribution in [2.24, 2.45) is 0 Å². The molecule has 2 aliphatic rings. The molecule has 3 aromatic rings. The summed E-state index contributed by atoms with van der Waals surface area (Å²) in [5.41, 5.74) is 7.33. The molecule has 0 spiro atoms. The Bertz CT molecular complexity index is 1360. The molecule has 3 aromatic carbocycles. The zero-order valence-corrected chi connectivity index (χ0v) is 20.4. The van der Waals surface area contributed by atoms with E-state index in [1.54, 1.807) is 84.9 Å². The molecule has 40 heavy (non-hydrogen) atoms. The first-order valence-electron chi connectivity index (χ1n) is 11.9. The van der Waals surface area contributed by atoms with Crippen LogP contribution in [0.15, 0.2) is 97.1 Å². The minimum absolute atomic E-state index is 0.238. The average molecular weight is 558 g/mol. The molecule has 2 N–H and O–H groups in total. The SMILES string of the molecule is O=C(N1NC(c2ccc(C3=CC(c4ccccc4)N(C(=O)C(F)(F)F)N3)cc2)=CC1c1ccccc1)C(F)(F)F. The number of carbonyl (C=O) groups is 2. The molecule has 0 fully saturated rings. The molecular formula is C28H20F6N4O2. The number of hydrogen-bond acceptors (Lipinski definition) is 4. The van der Waals surface area contributed by atoms with Gasteiger partial charge in [-0.15, -0.1) is 0 Å². The van der Waals surface area contributed by atoms with Gasteiger partial charge in [-0.05, 0) is 34.4 Å². The zero-order chi connectivity index (χ0) is 28.7. The third-order valence-corrected chi connectivity index (χ3v) is 6.40. The molecule has 5 rings (SSSR count). The van der Waals surface area contributed by atoms with Crippen LogP contribution < -0.4 is 10.9 Å². The van der Waals surface area contributed by atoms with Crippen molar-refractivity contribution in [1.29, 1.82) is 0 Å². The highest BCUT2D eigenvalue weighted by molar-refractivity contribution is 5.86. The van der Waals surface area contributed by atoms with E-state index in [0.717, 1.165) is 0 Å². The van der Waals surface area contributed by atoms with Gasteiger partial charge in [0.25, 0.3) is 0 Å². The smallest absolute Gasteiger partial charge is 0.295 e. The molecular weight excluding hydrogens is 538 g/mol. The van der Waals surface area contributed by atoms with E-state index in [9.17, 15) is 35.9 Å². The maximum Gasteiger partial charge on any atom is 0.473 e. The van der Waals surface area contributed by atoms with Crippen molar-refractivity contribution < 1.29 is 35.9 Å². The summed E-state index contributed by atoms with van der Waals surface area (Å²) in [6, 6.07) is 20.5. The number of carbonyl (C=O) groups excluding carboxylic acids is 2. The van der Waals surface area contributed by atoms with Crippen LogP contribution >= 0.6 is 0 Å². The number of alkyl halides is 6. The molecule has 0 aliphatic carbocycles. The number of halogens is 6. The third-order valence-electron chi connectivity index (χ3n) is 6.40. The van der Waals surface area contributed by atoms with Gasteiger partial charge in [0.15, 0.2) is 0 Å². The molecule has 2 atom stereocenters. The Labute approximate surface area is 224 Å². The van der Waals surface area contributed by atoms with Crippen molar-refractivity contribution in [2.45, 2.75) is 24.4 Å². The fourth-order valence-electron chi connectivity index (χ4n) is 4.51. The minimum Gasteiger partial charge on any atom is -0.295 e. The van der Waals surface area contributed by atoms with Gasteiger partial charge in [0.05, 0.1) is 23.5 Å². The van der Waals surface area contributed by atoms with Crippen molar-refractivity contribution >= 4 is 23.2 Å². The topological polar surface area (TPSA) is 64.7 Å². The summed E-state index contributed by atoms with van der Waals surface area (Å²) in [6.45, 7) is 0. The number of nitrogens with zero attached hydrogens (tertiary/aromatic N) is 2. The van der Waals surface area contributed by atoms with Crippen molar-refractivity contribution in [3.05, 3.63) is 119 Å². The number of hydrazine groups is 2. The summed E-state index contributed by atoms with van der Waals surface area (Å²) in [5, 5.41) is 1.01. The Hall–Kier alpha value is -4.74. The van der Waals surface area contributed by atoms with Crippen molar-refractivity contribution in [3.63, 3.8) is 0 Å². The van der Waals surface area contributed by atoms with Gasteiger partial charge >= 0.3 is 24.2 Å². The van der Waals surface area contributed by atoms with Crippen LogP contribution in [0.5, 0.6) is 0 Å². The van der Waals surface area contributed by atoms with Crippen LogP contribution in [0.1, 0.15) is 34.3 Å². The van der Waals surface area contributed by atoms with Crippen LogP contribution in [0.3, 0.4) is 0 Å². The first-order chi connectivity index (χ1) is 18.9. The highest BCUT2D eigenvalue weighted by atomic mass is 19.4. The van der Waals surface area contributed by atoms with E-state index in [2.05, 4.69) is 10.9 Å². The molecule has 0 bridgehead atoms. The average Bonchev–Trinajstić information content (AvgIpc) is 3.58. The van der Waals surface area contributed by atoms with Crippen LogP contribution in [0.25, 0.3) is 11.4 Å². The molecule has 2 unspecified atom stereocenters.